The van der Waals surface area contributed by atoms with Crippen LogP contribution < -0.4 is 15.0 Å². The van der Waals surface area contributed by atoms with E-state index in [1.165, 1.54) is 0 Å². The Morgan fingerprint density at radius 2 is 1.85 bits per heavy atom. The zero-order valence-electron chi connectivity index (χ0n) is 13.2. The second-order valence-corrected chi connectivity index (χ2v) is 4.95. The molecule has 0 aromatic carbocycles. The summed E-state index contributed by atoms with van der Waals surface area (Å²) in [5.41, 5.74) is 0. The average molecular weight is 282 g/mol. The van der Waals surface area contributed by atoms with Gasteiger partial charge in [-0.3, -0.25) is 0 Å². The van der Waals surface area contributed by atoms with Gasteiger partial charge in [-0.05, 0) is 33.5 Å². The third-order valence-corrected chi connectivity index (χ3v) is 2.76. The fourth-order valence-corrected chi connectivity index (χ4v) is 1.65. The first-order valence-electron chi connectivity index (χ1n) is 6.96. The van der Waals surface area contributed by atoms with Crippen molar-refractivity contribution < 1.29 is 4.74 Å². The summed E-state index contributed by atoms with van der Waals surface area (Å²) in [4.78, 5) is 17.1. The Kier molecular flexibility index (Phi) is 7.00. The van der Waals surface area contributed by atoms with E-state index < -0.39 is 0 Å². The number of nitrogens with zero attached hydrogens (tertiary/aromatic N) is 5. The Bertz CT molecular complexity index is 398. The second kappa shape index (κ2) is 8.52. The van der Waals surface area contributed by atoms with E-state index in [1.807, 2.05) is 11.9 Å². The molecule has 0 spiro atoms. The number of aromatic nitrogens is 3. The fraction of sp³-hybridized carbons (Fsp3) is 0.769. The number of hydrogen-bond acceptors (Lipinski definition) is 7. The average Bonchev–Trinajstić information content (AvgIpc) is 2.44. The lowest BCUT2D eigenvalue weighted by Gasteiger charge is -2.19. The molecular formula is C13H26N6O. The summed E-state index contributed by atoms with van der Waals surface area (Å²) in [5, 5.41) is 3.16. The topological polar surface area (TPSA) is 66.4 Å². The Balaban J connectivity index is 2.70. The number of nitrogens with one attached hydrogen (secondary N) is 1. The minimum Gasteiger partial charge on any atom is -0.467 e. The van der Waals surface area contributed by atoms with Crippen LogP contribution in [0.25, 0.3) is 0 Å². The lowest BCUT2D eigenvalue weighted by molar-refractivity contribution is 0.378. The van der Waals surface area contributed by atoms with E-state index >= 15 is 0 Å². The van der Waals surface area contributed by atoms with Gasteiger partial charge in [-0.1, -0.05) is 6.92 Å². The van der Waals surface area contributed by atoms with Crippen molar-refractivity contribution >= 4 is 11.9 Å². The highest BCUT2D eigenvalue weighted by Crippen LogP contribution is 2.13. The molecule has 1 N–H and O–H groups in total. The Morgan fingerprint density at radius 3 is 2.45 bits per heavy atom. The maximum absolute atomic E-state index is 5.13. The van der Waals surface area contributed by atoms with Crippen molar-refractivity contribution in [2.24, 2.45) is 0 Å². The summed E-state index contributed by atoms with van der Waals surface area (Å²) in [6.45, 7) is 4.85. The zero-order valence-corrected chi connectivity index (χ0v) is 13.2. The summed E-state index contributed by atoms with van der Waals surface area (Å²) >= 11 is 0. The predicted octanol–water partition coefficient (Wildman–Crippen LogP) is 1.09. The van der Waals surface area contributed by atoms with Crippen LogP contribution in [0.1, 0.15) is 19.8 Å². The van der Waals surface area contributed by atoms with Crippen LogP contribution in [0.2, 0.25) is 0 Å². The van der Waals surface area contributed by atoms with Crippen LogP contribution in [0.15, 0.2) is 0 Å². The Morgan fingerprint density at radius 1 is 1.10 bits per heavy atom. The molecule has 1 aromatic rings. The molecule has 0 aliphatic heterocycles. The molecule has 0 radical (unpaired) electrons. The molecular weight excluding hydrogens is 256 g/mol. The van der Waals surface area contributed by atoms with Crippen molar-refractivity contribution in [3.8, 4) is 6.01 Å². The van der Waals surface area contributed by atoms with E-state index in [0.29, 0.717) is 17.9 Å². The van der Waals surface area contributed by atoms with E-state index in [-0.39, 0.29) is 0 Å². The molecule has 0 aliphatic carbocycles. The molecule has 1 rings (SSSR count). The molecule has 0 aliphatic rings. The number of rotatable bonds is 9. The monoisotopic (exact) mass is 282 g/mol. The van der Waals surface area contributed by atoms with Crippen molar-refractivity contribution in [1.29, 1.82) is 0 Å². The number of hydrogen-bond donors (Lipinski definition) is 1. The van der Waals surface area contributed by atoms with Gasteiger partial charge in [-0.25, -0.2) is 0 Å². The maximum Gasteiger partial charge on any atom is 0.322 e. The molecule has 0 bridgehead atoms. The zero-order chi connectivity index (χ0) is 15.0. The highest BCUT2D eigenvalue weighted by atomic mass is 16.5. The minimum absolute atomic E-state index is 0.341. The van der Waals surface area contributed by atoms with Crippen LogP contribution in [-0.2, 0) is 0 Å². The molecule has 0 fully saturated rings. The molecule has 0 saturated heterocycles. The normalized spacial score (nSPS) is 10.7. The summed E-state index contributed by atoms with van der Waals surface area (Å²) in [6.07, 6.45) is 2.07. The van der Waals surface area contributed by atoms with Crippen LogP contribution in [-0.4, -0.2) is 67.7 Å². The van der Waals surface area contributed by atoms with Crippen molar-refractivity contribution in [1.82, 2.24) is 19.9 Å². The number of methoxy groups -OCH3 is 1. The number of ether oxygens (including phenoxy) is 1. The van der Waals surface area contributed by atoms with E-state index in [2.05, 4.69) is 46.2 Å². The van der Waals surface area contributed by atoms with Crippen LogP contribution in [0.4, 0.5) is 11.9 Å². The largest absolute Gasteiger partial charge is 0.467 e. The third-order valence-electron chi connectivity index (χ3n) is 2.76. The summed E-state index contributed by atoms with van der Waals surface area (Å²) in [7, 11) is 7.68. The SMILES string of the molecule is CCCNc1nc(OC)nc(N(C)CCCN(C)C)n1. The van der Waals surface area contributed by atoms with Gasteiger partial charge in [0, 0.05) is 20.1 Å². The second-order valence-electron chi connectivity index (χ2n) is 4.95. The Hall–Kier alpha value is -1.63. The van der Waals surface area contributed by atoms with Crippen molar-refractivity contribution in [3.05, 3.63) is 0 Å². The smallest absolute Gasteiger partial charge is 0.322 e. The molecule has 0 amide bonds. The van der Waals surface area contributed by atoms with Gasteiger partial charge in [0.25, 0.3) is 0 Å². The molecule has 20 heavy (non-hydrogen) atoms. The quantitative estimate of drug-likeness (QED) is 0.727. The molecule has 0 atom stereocenters. The molecule has 7 heteroatoms. The van der Waals surface area contributed by atoms with Gasteiger partial charge in [0.1, 0.15) is 0 Å². The summed E-state index contributed by atoms with van der Waals surface area (Å²) in [5.74, 6) is 1.20. The van der Waals surface area contributed by atoms with Gasteiger partial charge in [0.05, 0.1) is 7.11 Å². The molecule has 114 valence electrons. The van der Waals surface area contributed by atoms with Crippen molar-refractivity contribution in [3.63, 3.8) is 0 Å². The number of anilines is 2. The van der Waals surface area contributed by atoms with E-state index in [1.54, 1.807) is 7.11 Å². The first-order valence-corrected chi connectivity index (χ1v) is 6.96. The van der Waals surface area contributed by atoms with Crippen LogP contribution in [0.5, 0.6) is 6.01 Å². The van der Waals surface area contributed by atoms with E-state index in [0.717, 1.165) is 32.5 Å². The maximum atomic E-state index is 5.13. The molecule has 1 aromatic heterocycles. The standard InChI is InChI=1S/C13H26N6O/c1-6-8-14-11-15-12(17-13(16-11)20-5)19(4)10-7-9-18(2)3/h6-10H2,1-5H3,(H,14,15,16,17). The third kappa shape index (κ3) is 5.56. The predicted molar refractivity (Wildman–Crippen MR) is 81.6 cm³/mol. The van der Waals surface area contributed by atoms with Gasteiger partial charge in [-0.2, -0.15) is 15.0 Å². The van der Waals surface area contributed by atoms with Gasteiger partial charge in [0.2, 0.25) is 11.9 Å². The van der Waals surface area contributed by atoms with Gasteiger partial charge >= 0.3 is 6.01 Å². The lowest BCUT2D eigenvalue weighted by atomic mass is 10.4. The first kappa shape index (κ1) is 16.4. The first-order chi connectivity index (χ1) is 9.56. The van der Waals surface area contributed by atoms with Crippen LogP contribution >= 0.6 is 0 Å². The van der Waals surface area contributed by atoms with Crippen LogP contribution in [0, 0.1) is 0 Å². The van der Waals surface area contributed by atoms with Crippen LogP contribution in [0.3, 0.4) is 0 Å². The minimum atomic E-state index is 0.341. The highest BCUT2D eigenvalue weighted by Gasteiger charge is 2.10. The van der Waals surface area contributed by atoms with Gasteiger partial charge < -0.3 is 19.9 Å². The van der Waals surface area contributed by atoms with E-state index in [4.69, 9.17) is 4.74 Å². The van der Waals surface area contributed by atoms with Crippen molar-refractivity contribution in [2.45, 2.75) is 19.8 Å². The Labute approximate surface area is 121 Å². The van der Waals surface area contributed by atoms with E-state index in [9.17, 15) is 0 Å². The molecule has 1 heterocycles. The van der Waals surface area contributed by atoms with Gasteiger partial charge in [0.15, 0.2) is 0 Å². The molecule has 0 saturated carbocycles. The lowest BCUT2D eigenvalue weighted by Crippen LogP contribution is -2.25. The fourth-order valence-electron chi connectivity index (χ4n) is 1.65. The molecule has 0 unspecified atom stereocenters. The molecule has 7 nitrogen and oxygen atoms in total. The summed E-state index contributed by atoms with van der Waals surface area (Å²) in [6, 6.07) is 0.341. The van der Waals surface area contributed by atoms with Crippen molar-refractivity contribution in [2.75, 3.05) is 58.1 Å². The summed E-state index contributed by atoms with van der Waals surface area (Å²) < 4.78 is 5.13. The van der Waals surface area contributed by atoms with Gasteiger partial charge in [-0.15, -0.1) is 0 Å². The highest BCUT2D eigenvalue weighted by molar-refractivity contribution is 5.37.